The van der Waals surface area contributed by atoms with Crippen molar-refractivity contribution >= 4 is 34.8 Å². The first kappa shape index (κ1) is 12.1. The van der Waals surface area contributed by atoms with E-state index in [1.54, 1.807) is 6.92 Å². The van der Waals surface area contributed by atoms with E-state index in [-0.39, 0.29) is 5.15 Å². The monoisotopic (exact) mass is 267 g/mol. The molecule has 0 aliphatic carbocycles. The molecule has 0 amide bonds. The molecule has 2 rings (SSSR count). The van der Waals surface area contributed by atoms with Gasteiger partial charge in [0, 0.05) is 12.7 Å². The Balaban J connectivity index is 2.41. The third-order valence-electron chi connectivity index (χ3n) is 2.41. The number of benzene rings is 1. The highest BCUT2D eigenvalue weighted by atomic mass is 35.5. The summed E-state index contributed by atoms with van der Waals surface area (Å²) in [7, 11) is 1.88. The van der Waals surface area contributed by atoms with Crippen molar-refractivity contribution in [2.45, 2.75) is 6.92 Å². The molecule has 1 heterocycles. The van der Waals surface area contributed by atoms with Gasteiger partial charge in [-0.3, -0.25) is 0 Å². The molecule has 0 spiro atoms. The summed E-state index contributed by atoms with van der Waals surface area (Å²) in [6.45, 7) is 1.80. The largest absolute Gasteiger partial charge is 0.314 e. The van der Waals surface area contributed by atoms with Crippen LogP contribution in [-0.4, -0.2) is 17.0 Å². The molecule has 3 nitrogen and oxygen atoms in total. The fraction of sp³-hybridized carbons (Fsp3) is 0.167. The van der Waals surface area contributed by atoms with Crippen LogP contribution in [0.5, 0.6) is 0 Å². The Bertz CT molecular complexity index is 506. The number of halogens is 2. The van der Waals surface area contributed by atoms with Crippen molar-refractivity contribution in [1.29, 1.82) is 0 Å². The minimum Gasteiger partial charge on any atom is -0.314 e. The second kappa shape index (κ2) is 4.90. The van der Waals surface area contributed by atoms with E-state index in [9.17, 15) is 0 Å². The van der Waals surface area contributed by atoms with E-state index in [0.29, 0.717) is 16.7 Å². The minimum atomic E-state index is 0.275. The van der Waals surface area contributed by atoms with Crippen LogP contribution in [-0.2, 0) is 0 Å². The van der Waals surface area contributed by atoms with Crippen molar-refractivity contribution in [3.05, 3.63) is 46.2 Å². The van der Waals surface area contributed by atoms with Crippen LogP contribution in [0.3, 0.4) is 0 Å². The van der Waals surface area contributed by atoms with Crippen LogP contribution in [0.4, 0.5) is 11.6 Å². The van der Waals surface area contributed by atoms with E-state index in [1.165, 1.54) is 0 Å². The Labute approximate surface area is 110 Å². The van der Waals surface area contributed by atoms with E-state index < -0.39 is 0 Å². The van der Waals surface area contributed by atoms with Crippen molar-refractivity contribution in [2.75, 3.05) is 11.9 Å². The van der Waals surface area contributed by atoms with E-state index in [4.69, 9.17) is 23.2 Å². The van der Waals surface area contributed by atoms with Gasteiger partial charge in [-0.2, -0.15) is 4.98 Å². The maximum atomic E-state index is 5.94. The second-order valence-corrected chi connectivity index (χ2v) is 4.34. The molecule has 0 atom stereocenters. The van der Waals surface area contributed by atoms with Gasteiger partial charge in [-0.25, -0.2) is 4.98 Å². The van der Waals surface area contributed by atoms with Gasteiger partial charge in [-0.15, -0.1) is 0 Å². The Morgan fingerprint density at radius 2 is 1.71 bits per heavy atom. The number of rotatable bonds is 2. The quantitative estimate of drug-likeness (QED) is 0.774. The first-order valence-corrected chi connectivity index (χ1v) is 5.83. The highest BCUT2D eigenvalue weighted by Gasteiger charge is 2.12. The molecule has 1 aromatic carbocycles. The van der Waals surface area contributed by atoms with Gasteiger partial charge >= 0.3 is 0 Å². The Morgan fingerprint density at radius 3 is 2.29 bits per heavy atom. The van der Waals surface area contributed by atoms with Crippen LogP contribution in [0.25, 0.3) is 0 Å². The number of para-hydroxylation sites is 1. The molecule has 0 fully saturated rings. The predicted octanol–water partition coefficient (Wildman–Crippen LogP) is 3.86. The highest BCUT2D eigenvalue weighted by molar-refractivity contribution is 6.41. The fourth-order valence-electron chi connectivity index (χ4n) is 1.43. The zero-order valence-corrected chi connectivity index (χ0v) is 11.0. The Hall–Kier alpha value is -1.32. The number of aryl methyl sites for hydroxylation is 1. The summed E-state index contributed by atoms with van der Waals surface area (Å²) in [6.07, 6.45) is 0. The third kappa shape index (κ3) is 2.51. The lowest BCUT2D eigenvalue weighted by atomic mass is 10.3. The molecule has 0 N–H and O–H groups in total. The van der Waals surface area contributed by atoms with Gasteiger partial charge in [0.1, 0.15) is 0 Å². The normalized spacial score (nSPS) is 10.4. The third-order valence-corrected chi connectivity index (χ3v) is 3.23. The van der Waals surface area contributed by atoms with Gasteiger partial charge in [-0.05, 0) is 19.1 Å². The van der Waals surface area contributed by atoms with Gasteiger partial charge in [0.15, 0.2) is 5.15 Å². The summed E-state index contributed by atoms with van der Waals surface area (Å²) < 4.78 is 0. The van der Waals surface area contributed by atoms with Crippen molar-refractivity contribution in [3.63, 3.8) is 0 Å². The molecule has 0 bridgehead atoms. The molecule has 88 valence electrons. The number of hydrogen-bond donors (Lipinski definition) is 0. The van der Waals surface area contributed by atoms with Crippen LogP contribution < -0.4 is 4.90 Å². The lowest BCUT2D eigenvalue weighted by Crippen LogP contribution is -2.13. The van der Waals surface area contributed by atoms with Crippen LogP contribution in [0.1, 0.15) is 5.69 Å². The molecule has 0 unspecified atom stereocenters. The number of nitrogens with zero attached hydrogens (tertiary/aromatic N) is 3. The summed E-state index contributed by atoms with van der Waals surface area (Å²) in [5.41, 5.74) is 1.66. The lowest BCUT2D eigenvalue weighted by molar-refractivity contribution is 1.01. The van der Waals surface area contributed by atoms with Gasteiger partial charge < -0.3 is 4.90 Å². The highest BCUT2D eigenvalue weighted by Crippen LogP contribution is 2.27. The molecule has 0 aliphatic heterocycles. The zero-order valence-electron chi connectivity index (χ0n) is 9.48. The maximum Gasteiger partial charge on any atom is 0.231 e. The van der Waals surface area contributed by atoms with Crippen LogP contribution in [0.2, 0.25) is 10.2 Å². The molecule has 17 heavy (non-hydrogen) atoms. The predicted molar refractivity (Wildman–Crippen MR) is 71.3 cm³/mol. The molecular formula is C12H11Cl2N3. The van der Waals surface area contributed by atoms with Crippen LogP contribution in [0, 0.1) is 6.92 Å². The fourth-order valence-corrected chi connectivity index (χ4v) is 1.72. The van der Waals surface area contributed by atoms with Crippen LogP contribution in [0.15, 0.2) is 30.3 Å². The van der Waals surface area contributed by atoms with Crippen molar-refractivity contribution < 1.29 is 0 Å². The topological polar surface area (TPSA) is 29.0 Å². The average molecular weight is 268 g/mol. The summed E-state index contributed by atoms with van der Waals surface area (Å²) in [5.74, 6) is 0.531. The standard InChI is InChI=1S/C12H11Cl2N3/c1-8-10(13)11(14)16-12(15-8)17(2)9-6-4-3-5-7-9/h3-7H,1-2H3. The van der Waals surface area contributed by atoms with Gasteiger partial charge in [0.2, 0.25) is 5.95 Å². The molecule has 1 aromatic heterocycles. The lowest BCUT2D eigenvalue weighted by Gasteiger charge is -2.17. The first-order valence-electron chi connectivity index (χ1n) is 5.08. The Morgan fingerprint density at radius 1 is 1.06 bits per heavy atom. The van der Waals surface area contributed by atoms with Gasteiger partial charge in [0.05, 0.1) is 10.7 Å². The molecule has 2 aromatic rings. The number of aromatic nitrogens is 2. The zero-order chi connectivity index (χ0) is 12.4. The second-order valence-electron chi connectivity index (χ2n) is 3.61. The van der Waals surface area contributed by atoms with Crippen LogP contribution >= 0.6 is 23.2 Å². The van der Waals surface area contributed by atoms with E-state index in [0.717, 1.165) is 5.69 Å². The van der Waals surface area contributed by atoms with Crippen molar-refractivity contribution in [1.82, 2.24) is 9.97 Å². The molecule has 0 saturated heterocycles. The molecule has 0 saturated carbocycles. The maximum absolute atomic E-state index is 5.94. The number of hydrogen-bond acceptors (Lipinski definition) is 3. The van der Waals surface area contributed by atoms with Gasteiger partial charge in [0.25, 0.3) is 0 Å². The average Bonchev–Trinajstić information content (AvgIpc) is 2.35. The molecule has 0 radical (unpaired) electrons. The van der Waals surface area contributed by atoms with Crippen molar-refractivity contribution in [2.24, 2.45) is 0 Å². The summed E-state index contributed by atoms with van der Waals surface area (Å²) >= 11 is 11.9. The summed E-state index contributed by atoms with van der Waals surface area (Å²) in [4.78, 5) is 10.3. The van der Waals surface area contributed by atoms with E-state index >= 15 is 0 Å². The number of anilines is 2. The van der Waals surface area contributed by atoms with Crippen molar-refractivity contribution in [3.8, 4) is 0 Å². The SMILES string of the molecule is Cc1nc(N(C)c2ccccc2)nc(Cl)c1Cl. The summed E-state index contributed by atoms with van der Waals surface area (Å²) in [6, 6.07) is 9.81. The molecule has 0 aliphatic rings. The van der Waals surface area contributed by atoms with Gasteiger partial charge in [-0.1, -0.05) is 41.4 Å². The molecular weight excluding hydrogens is 257 g/mol. The molecule has 5 heteroatoms. The smallest absolute Gasteiger partial charge is 0.231 e. The minimum absolute atomic E-state index is 0.275. The van der Waals surface area contributed by atoms with E-state index in [2.05, 4.69) is 9.97 Å². The summed E-state index contributed by atoms with van der Waals surface area (Å²) in [5, 5.41) is 0.675. The van der Waals surface area contributed by atoms with E-state index in [1.807, 2.05) is 42.3 Å². The first-order chi connectivity index (χ1) is 8.09. The Kier molecular flexibility index (Phi) is 3.50.